The van der Waals surface area contributed by atoms with Crippen molar-refractivity contribution in [3.05, 3.63) is 70.4 Å². The number of para-hydroxylation sites is 1. The molecule has 0 amide bonds. The number of halogens is 1. The summed E-state index contributed by atoms with van der Waals surface area (Å²) in [6.07, 6.45) is 0.150. The topological polar surface area (TPSA) is 14.2 Å². The lowest BCUT2D eigenvalue weighted by Crippen LogP contribution is -2.29. The van der Waals surface area contributed by atoms with Crippen LogP contribution in [0.2, 0.25) is 5.02 Å². The van der Waals surface area contributed by atoms with Crippen molar-refractivity contribution in [2.45, 2.75) is 32.6 Å². The van der Waals surface area contributed by atoms with E-state index in [0.717, 1.165) is 17.1 Å². The Bertz CT molecular complexity index is 835. The van der Waals surface area contributed by atoms with Crippen LogP contribution in [0.4, 0.5) is 0 Å². The summed E-state index contributed by atoms with van der Waals surface area (Å²) in [5.74, 6) is 0. The molecule has 1 aliphatic heterocycles. The first kappa shape index (κ1) is 13.9. The quantitative estimate of drug-likeness (QED) is 0.609. The molecule has 112 valence electrons. The molecular formula is C19H18ClNO. The number of benzene rings is 2. The van der Waals surface area contributed by atoms with E-state index >= 15 is 0 Å². The standard InChI is InChI=1S/C19H18ClNO/c1-12-11-21-17-6-4-3-5-16(17)13(2)18(21)19(22-12)14-7-9-15(20)10-8-14/h3-10,12,19H,11H2,1-2H3/t12-,19+/m0/s1. The van der Waals surface area contributed by atoms with Gasteiger partial charge in [-0.05, 0) is 43.2 Å². The maximum atomic E-state index is 6.29. The highest BCUT2D eigenvalue weighted by molar-refractivity contribution is 6.30. The van der Waals surface area contributed by atoms with Crippen LogP contribution >= 0.6 is 11.6 Å². The largest absolute Gasteiger partial charge is 0.362 e. The minimum Gasteiger partial charge on any atom is -0.362 e. The maximum Gasteiger partial charge on any atom is 0.123 e. The van der Waals surface area contributed by atoms with E-state index in [1.54, 1.807) is 0 Å². The summed E-state index contributed by atoms with van der Waals surface area (Å²) in [4.78, 5) is 0. The molecule has 1 aromatic heterocycles. The molecule has 0 aliphatic carbocycles. The van der Waals surface area contributed by atoms with Gasteiger partial charge in [-0.2, -0.15) is 0 Å². The van der Waals surface area contributed by atoms with E-state index in [4.69, 9.17) is 16.3 Å². The van der Waals surface area contributed by atoms with E-state index in [-0.39, 0.29) is 12.2 Å². The van der Waals surface area contributed by atoms with Crippen LogP contribution in [-0.2, 0) is 11.3 Å². The lowest BCUT2D eigenvalue weighted by Gasteiger charge is -2.31. The summed E-state index contributed by atoms with van der Waals surface area (Å²) in [5.41, 5.74) is 5.02. The smallest absolute Gasteiger partial charge is 0.123 e. The van der Waals surface area contributed by atoms with Gasteiger partial charge in [-0.3, -0.25) is 0 Å². The summed E-state index contributed by atoms with van der Waals surface area (Å²) in [6, 6.07) is 16.6. The van der Waals surface area contributed by atoms with Crippen LogP contribution in [0, 0.1) is 6.92 Å². The number of rotatable bonds is 1. The van der Waals surface area contributed by atoms with E-state index in [1.165, 1.54) is 22.2 Å². The van der Waals surface area contributed by atoms with Gasteiger partial charge in [0.25, 0.3) is 0 Å². The number of ether oxygens (including phenoxy) is 1. The Balaban J connectivity index is 1.95. The summed E-state index contributed by atoms with van der Waals surface area (Å²) >= 11 is 6.03. The van der Waals surface area contributed by atoms with E-state index in [2.05, 4.69) is 54.8 Å². The third-order valence-corrected chi connectivity index (χ3v) is 4.76. The zero-order valence-electron chi connectivity index (χ0n) is 12.7. The highest BCUT2D eigenvalue weighted by atomic mass is 35.5. The van der Waals surface area contributed by atoms with E-state index in [1.807, 2.05) is 12.1 Å². The van der Waals surface area contributed by atoms with Crippen LogP contribution in [0.1, 0.15) is 29.8 Å². The van der Waals surface area contributed by atoms with Crippen LogP contribution in [-0.4, -0.2) is 10.7 Å². The van der Waals surface area contributed by atoms with Gasteiger partial charge in [0.2, 0.25) is 0 Å². The van der Waals surface area contributed by atoms with E-state index < -0.39 is 0 Å². The molecule has 3 heteroatoms. The molecule has 2 heterocycles. The van der Waals surface area contributed by atoms with Gasteiger partial charge in [-0.1, -0.05) is 41.9 Å². The first-order valence-electron chi connectivity index (χ1n) is 7.64. The van der Waals surface area contributed by atoms with Gasteiger partial charge in [0.15, 0.2) is 0 Å². The van der Waals surface area contributed by atoms with Gasteiger partial charge in [0, 0.05) is 22.5 Å². The van der Waals surface area contributed by atoms with Gasteiger partial charge < -0.3 is 9.30 Å². The minimum atomic E-state index is -0.0339. The second-order valence-electron chi connectivity index (χ2n) is 6.02. The second kappa shape index (κ2) is 5.15. The first-order valence-corrected chi connectivity index (χ1v) is 8.01. The van der Waals surface area contributed by atoms with Gasteiger partial charge >= 0.3 is 0 Å². The fraction of sp³-hybridized carbons (Fsp3) is 0.263. The lowest BCUT2D eigenvalue weighted by molar-refractivity contribution is -0.0146. The Kier molecular flexibility index (Phi) is 3.24. The Morgan fingerprint density at radius 2 is 1.82 bits per heavy atom. The molecule has 3 aromatic rings. The average Bonchev–Trinajstić information content (AvgIpc) is 2.81. The number of nitrogens with zero attached hydrogens (tertiary/aromatic N) is 1. The zero-order chi connectivity index (χ0) is 15.3. The SMILES string of the molecule is Cc1c2n(c3ccccc13)C[C@H](C)O[C@@H]2c1ccc(Cl)cc1. The third kappa shape index (κ3) is 2.06. The molecule has 1 aliphatic rings. The van der Waals surface area contributed by atoms with Crippen LogP contribution in [0.15, 0.2) is 48.5 Å². The Hall–Kier alpha value is -1.77. The Morgan fingerprint density at radius 3 is 2.59 bits per heavy atom. The molecular weight excluding hydrogens is 294 g/mol. The van der Waals surface area contributed by atoms with Gasteiger partial charge in [-0.15, -0.1) is 0 Å². The second-order valence-corrected chi connectivity index (χ2v) is 6.45. The van der Waals surface area contributed by atoms with E-state index in [0.29, 0.717) is 0 Å². The van der Waals surface area contributed by atoms with Crippen molar-refractivity contribution in [3.63, 3.8) is 0 Å². The normalized spacial score (nSPS) is 21.0. The fourth-order valence-corrected chi connectivity index (χ4v) is 3.63. The molecule has 0 saturated carbocycles. The number of hydrogen-bond acceptors (Lipinski definition) is 1. The van der Waals surface area contributed by atoms with Crippen molar-refractivity contribution in [3.8, 4) is 0 Å². The average molecular weight is 312 g/mol. The van der Waals surface area contributed by atoms with Crippen molar-refractivity contribution in [1.29, 1.82) is 0 Å². The predicted octanol–water partition coefficient (Wildman–Crippen LogP) is 5.11. The molecule has 0 fully saturated rings. The summed E-state index contributed by atoms with van der Waals surface area (Å²) in [5, 5.41) is 2.07. The third-order valence-electron chi connectivity index (χ3n) is 4.50. The van der Waals surface area contributed by atoms with Crippen molar-refractivity contribution in [1.82, 2.24) is 4.57 Å². The van der Waals surface area contributed by atoms with Crippen LogP contribution in [0.5, 0.6) is 0 Å². The maximum absolute atomic E-state index is 6.29. The molecule has 0 radical (unpaired) electrons. The van der Waals surface area contributed by atoms with Crippen molar-refractivity contribution >= 4 is 22.5 Å². The minimum absolute atomic E-state index is 0.0339. The first-order chi connectivity index (χ1) is 10.6. The number of hydrogen-bond donors (Lipinski definition) is 0. The highest BCUT2D eigenvalue weighted by Gasteiger charge is 2.30. The van der Waals surface area contributed by atoms with Gasteiger partial charge in [0.05, 0.1) is 11.8 Å². The fourth-order valence-electron chi connectivity index (χ4n) is 3.50. The van der Waals surface area contributed by atoms with Crippen molar-refractivity contribution in [2.24, 2.45) is 0 Å². The number of aromatic nitrogens is 1. The number of fused-ring (bicyclic) bond motifs is 3. The molecule has 0 spiro atoms. The van der Waals surface area contributed by atoms with Crippen molar-refractivity contribution < 1.29 is 4.74 Å². The Morgan fingerprint density at radius 1 is 1.09 bits per heavy atom. The molecule has 2 atom stereocenters. The van der Waals surface area contributed by atoms with Crippen LogP contribution in [0.25, 0.3) is 10.9 Å². The summed E-state index contributed by atoms with van der Waals surface area (Å²) < 4.78 is 8.70. The van der Waals surface area contributed by atoms with Crippen LogP contribution in [0.3, 0.4) is 0 Å². The lowest BCUT2D eigenvalue weighted by atomic mass is 10.0. The van der Waals surface area contributed by atoms with Crippen LogP contribution < -0.4 is 0 Å². The zero-order valence-corrected chi connectivity index (χ0v) is 13.5. The molecule has 2 nitrogen and oxygen atoms in total. The number of aryl methyl sites for hydroxylation is 1. The molecule has 22 heavy (non-hydrogen) atoms. The predicted molar refractivity (Wildman–Crippen MR) is 90.5 cm³/mol. The molecule has 0 bridgehead atoms. The Labute approximate surface area is 135 Å². The molecule has 4 rings (SSSR count). The summed E-state index contributed by atoms with van der Waals surface area (Å²) in [7, 11) is 0. The van der Waals surface area contributed by atoms with Gasteiger partial charge in [0.1, 0.15) is 6.10 Å². The molecule has 2 aromatic carbocycles. The highest BCUT2D eigenvalue weighted by Crippen LogP contribution is 2.39. The molecule has 0 saturated heterocycles. The van der Waals surface area contributed by atoms with E-state index in [9.17, 15) is 0 Å². The monoisotopic (exact) mass is 311 g/mol. The molecule has 0 unspecified atom stereocenters. The summed E-state index contributed by atoms with van der Waals surface area (Å²) in [6.45, 7) is 5.22. The van der Waals surface area contributed by atoms with Crippen molar-refractivity contribution in [2.75, 3.05) is 0 Å². The van der Waals surface area contributed by atoms with Gasteiger partial charge in [-0.25, -0.2) is 0 Å². The molecule has 0 N–H and O–H groups in total.